The van der Waals surface area contributed by atoms with Crippen LogP contribution in [-0.2, 0) is 0 Å². The van der Waals surface area contributed by atoms with Crippen LogP contribution in [0.15, 0.2) is 60.4 Å². The van der Waals surface area contributed by atoms with Crippen LogP contribution in [0.2, 0.25) is 0 Å². The molecule has 2 aromatic heterocycles. The molecule has 21 heavy (non-hydrogen) atoms. The van der Waals surface area contributed by atoms with Gasteiger partial charge in [-0.3, -0.25) is 4.90 Å². The average molecular weight is 294 g/mol. The third kappa shape index (κ3) is 1.89. The second kappa shape index (κ2) is 4.86. The van der Waals surface area contributed by atoms with Gasteiger partial charge < -0.3 is 4.90 Å². The molecule has 3 aromatic rings. The number of aromatic nitrogens is 2. The van der Waals surface area contributed by atoms with Gasteiger partial charge in [0.2, 0.25) is 0 Å². The van der Waals surface area contributed by atoms with Gasteiger partial charge in [0.25, 0.3) is 0 Å². The molecule has 0 radical (unpaired) electrons. The molecule has 0 spiro atoms. The molecule has 0 amide bonds. The van der Waals surface area contributed by atoms with E-state index in [4.69, 9.17) is 0 Å². The van der Waals surface area contributed by atoms with E-state index in [0.717, 1.165) is 17.2 Å². The first-order valence-corrected chi connectivity index (χ1v) is 7.71. The minimum absolute atomic E-state index is 0.165. The molecule has 5 heteroatoms. The molecule has 1 atom stereocenters. The molecule has 0 saturated heterocycles. The summed E-state index contributed by atoms with van der Waals surface area (Å²) < 4.78 is 0. The Morgan fingerprint density at radius 3 is 2.67 bits per heavy atom. The van der Waals surface area contributed by atoms with Crippen LogP contribution < -0.4 is 9.80 Å². The zero-order valence-corrected chi connectivity index (χ0v) is 12.4. The molecular weight excluding hydrogens is 280 g/mol. The zero-order chi connectivity index (χ0) is 14.2. The first-order chi connectivity index (χ1) is 10.4. The van der Waals surface area contributed by atoms with Gasteiger partial charge in [0.05, 0.1) is 11.2 Å². The highest BCUT2D eigenvalue weighted by Gasteiger charge is 2.36. The normalized spacial score (nSPS) is 17.1. The Kier molecular flexibility index (Phi) is 2.86. The van der Waals surface area contributed by atoms with Gasteiger partial charge in [-0.15, -0.1) is 11.3 Å². The highest BCUT2D eigenvalue weighted by atomic mass is 32.1. The smallest absolute Gasteiger partial charge is 0.162 e. The van der Waals surface area contributed by atoms with Crippen molar-refractivity contribution in [1.82, 2.24) is 9.97 Å². The standard InChI is InChI=1S/C16H14N4S/c1-12-19(13-6-3-2-4-7-13)14-10-17-11-18-16(14)20(12)15-8-5-9-21-15/h2-12H,1H3. The van der Waals surface area contributed by atoms with Crippen molar-refractivity contribution in [3.63, 3.8) is 0 Å². The van der Waals surface area contributed by atoms with Crippen LogP contribution in [0.3, 0.4) is 0 Å². The van der Waals surface area contributed by atoms with Crippen molar-refractivity contribution in [3.05, 3.63) is 60.4 Å². The SMILES string of the molecule is CC1N(c2ccccc2)c2cncnc2N1c1cccs1. The van der Waals surface area contributed by atoms with Gasteiger partial charge in [0.15, 0.2) is 5.82 Å². The molecule has 4 nitrogen and oxygen atoms in total. The topological polar surface area (TPSA) is 32.3 Å². The fraction of sp³-hybridized carbons (Fsp3) is 0.125. The highest BCUT2D eigenvalue weighted by Crippen LogP contribution is 2.46. The number of fused-ring (bicyclic) bond motifs is 1. The van der Waals surface area contributed by atoms with Crippen molar-refractivity contribution in [2.75, 3.05) is 9.80 Å². The van der Waals surface area contributed by atoms with E-state index in [-0.39, 0.29) is 6.17 Å². The summed E-state index contributed by atoms with van der Waals surface area (Å²) in [5.74, 6) is 0.962. The molecule has 1 aromatic carbocycles. The maximum absolute atomic E-state index is 4.50. The van der Waals surface area contributed by atoms with Crippen molar-refractivity contribution in [2.45, 2.75) is 13.1 Å². The van der Waals surface area contributed by atoms with Gasteiger partial charge in [-0.05, 0) is 36.6 Å². The summed E-state index contributed by atoms with van der Waals surface area (Å²) in [5.41, 5.74) is 2.20. The van der Waals surface area contributed by atoms with E-state index >= 15 is 0 Å². The molecule has 0 bridgehead atoms. The fourth-order valence-electron chi connectivity index (χ4n) is 2.80. The Labute approximate surface area is 127 Å². The lowest BCUT2D eigenvalue weighted by molar-refractivity contribution is 0.762. The maximum Gasteiger partial charge on any atom is 0.162 e. The fourth-order valence-corrected chi connectivity index (χ4v) is 3.61. The number of nitrogens with zero attached hydrogens (tertiary/aromatic N) is 4. The molecule has 0 N–H and O–H groups in total. The number of hydrogen-bond acceptors (Lipinski definition) is 5. The number of benzene rings is 1. The van der Waals surface area contributed by atoms with Gasteiger partial charge in [0.1, 0.15) is 18.2 Å². The van der Waals surface area contributed by atoms with Crippen LogP contribution in [0.4, 0.5) is 22.2 Å². The molecule has 1 aliphatic rings. The lowest BCUT2D eigenvalue weighted by atomic mass is 10.2. The predicted octanol–water partition coefficient (Wildman–Crippen LogP) is 4.17. The molecule has 0 fully saturated rings. The number of para-hydroxylation sites is 1. The van der Waals surface area contributed by atoms with E-state index in [1.807, 2.05) is 12.3 Å². The van der Waals surface area contributed by atoms with Crippen molar-refractivity contribution in [1.29, 1.82) is 0 Å². The zero-order valence-electron chi connectivity index (χ0n) is 11.5. The van der Waals surface area contributed by atoms with Gasteiger partial charge in [-0.25, -0.2) is 9.97 Å². The van der Waals surface area contributed by atoms with Crippen molar-refractivity contribution >= 4 is 33.5 Å². The molecule has 3 heterocycles. The van der Waals surface area contributed by atoms with Gasteiger partial charge in [0, 0.05) is 5.69 Å². The summed E-state index contributed by atoms with van der Waals surface area (Å²) in [6.45, 7) is 2.19. The summed E-state index contributed by atoms with van der Waals surface area (Å²) in [6, 6.07) is 14.6. The van der Waals surface area contributed by atoms with Crippen LogP contribution in [0.5, 0.6) is 0 Å². The Morgan fingerprint density at radius 1 is 1.05 bits per heavy atom. The van der Waals surface area contributed by atoms with Crippen LogP contribution in [0.25, 0.3) is 0 Å². The molecule has 0 aliphatic carbocycles. The number of thiophene rings is 1. The first kappa shape index (κ1) is 12.3. The van der Waals surface area contributed by atoms with E-state index in [9.17, 15) is 0 Å². The molecule has 4 rings (SSSR count). The monoisotopic (exact) mass is 294 g/mol. The summed E-state index contributed by atoms with van der Waals surface area (Å²) >= 11 is 1.72. The maximum atomic E-state index is 4.50. The van der Waals surface area contributed by atoms with E-state index in [2.05, 4.69) is 68.5 Å². The van der Waals surface area contributed by atoms with Crippen molar-refractivity contribution < 1.29 is 0 Å². The minimum atomic E-state index is 0.165. The summed E-state index contributed by atoms with van der Waals surface area (Å²) in [4.78, 5) is 13.2. The van der Waals surface area contributed by atoms with Crippen LogP contribution in [-0.4, -0.2) is 16.1 Å². The lowest BCUT2D eigenvalue weighted by Gasteiger charge is -2.28. The molecular formula is C16H14N4S. The quantitative estimate of drug-likeness (QED) is 0.710. The summed E-state index contributed by atoms with van der Waals surface area (Å²) in [5, 5.41) is 3.29. The summed E-state index contributed by atoms with van der Waals surface area (Å²) in [7, 11) is 0. The van der Waals surface area contributed by atoms with Gasteiger partial charge in [-0.2, -0.15) is 0 Å². The number of hydrogen-bond donors (Lipinski definition) is 0. The lowest BCUT2D eigenvalue weighted by Crippen LogP contribution is -2.35. The Morgan fingerprint density at radius 2 is 1.90 bits per heavy atom. The van der Waals surface area contributed by atoms with E-state index in [1.165, 1.54) is 5.00 Å². The Hall–Kier alpha value is -2.40. The van der Waals surface area contributed by atoms with Crippen molar-refractivity contribution in [2.24, 2.45) is 0 Å². The average Bonchev–Trinajstić information content (AvgIpc) is 3.13. The van der Waals surface area contributed by atoms with E-state index in [0.29, 0.717) is 0 Å². The van der Waals surface area contributed by atoms with Crippen molar-refractivity contribution in [3.8, 4) is 0 Å². The molecule has 1 unspecified atom stereocenters. The third-order valence-electron chi connectivity index (χ3n) is 3.69. The second-order valence-corrected chi connectivity index (χ2v) is 5.82. The molecule has 0 saturated carbocycles. The Bertz CT molecular complexity index is 742. The predicted molar refractivity (Wildman–Crippen MR) is 86.5 cm³/mol. The first-order valence-electron chi connectivity index (χ1n) is 6.83. The van der Waals surface area contributed by atoms with Gasteiger partial charge in [-0.1, -0.05) is 18.2 Å². The van der Waals surface area contributed by atoms with Gasteiger partial charge >= 0.3 is 0 Å². The molecule has 104 valence electrons. The van der Waals surface area contributed by atoms with Crippen LogP contribution in [0.1, 0.15) is 6.92 Å². The van der Waals surface area contributed by atoms with Crippen LogP contribution in [0, 0.1) is 0 Å². The van der Waals surface area contributed by atoms with E-state index < -0.39 is 0 Å². The molecule has 1 aliphatic heterocycles. The third-order valence-corrected chi connectivity index (χ3v) is 4.55. The minimum Gasteiger partial charge on any atom is -0.316 e. The van der Waals surface area contributed by atoms with E-state index in [1.54, 1.807) is 17.7 Å². The summed E-state index contributed by atoms with van der Waals surface area (Å²) in [6.07, 6.45) is 3.66. The highest BCUT2D eigenvalue weighted by molar-refractivity contribution is 7.14. The Balaban J connectivity index is 1.87. The second-order valence-electron chi connectivity index (χ2n) is 4.89. The number of rotatable bonds is 2. The van der Waals surface area contributed by atoms with Crippen LogP contribution >= 0.6 is 11.3 Å². The largest absolute Gasteiger partial charge is 0.316 e. The number of anilines is 4.